The van der Waals surface area contributed by atoms with Gasteiger partial charge in [-0.1, -0.05) is 13.8 Å². The first kappa shape index (κ1) is 17.6. The van der Waals surface area contributed by atoms with Crippen LogP contribution in [0.5, 0.6) is 0 Å². The minimum atomic E-state index is -3.47. The fourth-order valence-electron chi connectivity index (χ4n) is 1.87. The maximum absolute atomic E-state index is 12.1. The molecule has 0 unspecified atom stereocenters. The van der Waals surface area contributed by atoms with Crippen LogP contribution in [0.3, 0.4) is 0 Å². The Hall–Kier alpha value is -0.800. The van der Waals surface area contributed by atoms with Crippen molar-refractivity contribution >= 4 is 32.7 Å². The molecule has 2 rings (SSSR count). The second-order valence-corrected chi connectivity index (χ2v) is 9.05. The number of ether oxygens (including phenoxy) is 1. The lowest BCUT2D eigenvalue weighted by Crippen LogP contribution is -2.26. The largest absolute Gasteiger partial charge is 0.383 e. The average molecular weight is 361 g/mol. The van der Waals surface area contributed by atoms with Crippen molar-refractivity contribution in [3.63, 3.8) is 0 Å². The highest BCUT2D eigenvalue weighted by Gasteiger charge is 2.18. The van der Waals surface area contributed by atoms with Crippen LogP contribution in [0.15, 0.2) is 21.0 Å². The normalized spacial score (nSPS) is 12.2. The van der Waals surface area contributed by atoms with Gasteiger partial charge in [0.05, 0.1) is 12.3 Å². The van der Waals surface area contributed by atoms with Gasteiger partial charge in [-0.05, 0) is 18.4 Å². The summed E-state index contributed by atoms with van der Waals surface area (Å²) in [6.45, 7) is 4.92. The zero-order valence-corrected chi connectivity index (χ0v) is 15.3. The summed E-state index contributed by atoms with van der Waals surface area (Å²) in [5.74, 6) is 0.554. The Balaban J connectivity index is 2.12. The minimum Gasteiger partial charge on any atom is -0.383 e. The number of nitrogens with zero attached hydrogens (tertiary/aromatic N) is 1. The van der Waals surface area contributed by atoms with E-state index in [1.165, 1.54) is 18.4 Å². The summed E-state index contributed by atoms with van der Waals surface area (Å²) < 4.78 is 31.9. The quantitative estimate of drug-likeness (QED) is 0.735. The van der Waals surface area contributed by atoms with E-state index in [0.29, 0.717) is 16.7 Å². The van der Waals surface area contributed by atoms with Crippen molar-refractivity contribution in [2.75, 3.05) is 20.3 Å². The third-order valence-electron chi connectivity index (χ3n) is 2.85. The SMILES string of the molecule is COCCNS(=O)(=O)c1cc(-c2nc(CC(C)C)cs2)cs1. The Morgan fingerprint density at radius 3 is 2.77 bits per heavy atom. The molecule has 0 bridgehead atoms. The van der Waals surface area contributed by atoms with Crippen LogP contribution in [0.1, 0.15) is 19.5 Å². The van der Waals surface area contributed by atoms with Gasteiger partial charge in [0.1, 0.15) is 9.22 Å². The van der Waals surface area contributed by atoms with Crippen molar-refractivity contribution in [2.45, 2.75) is 24.5 Å². The number of aromatic nitrogens is 1. The van der Waals surface area contributed by atoms with Gasteiger partial charge in [0, 0.05) is 30.0 Å². The number of thiophene rings is 1. The number of hydrogen-bond acceptors (Lipinski definition) is 6. The van der Waals surface area contributed by atoms with Crippen molar-refractivity contribution in [1.82, 2.24) is 9.71 Å². The van der Waals surface area contributed by atoms with Crippen molar-refractivity contribution in [3.05, 3.63) is 22.5 Å². The van der Waals surface area contributed by atoms with Crippen molar-refractivity contribution in [1.29, 1.82) is 0 Å². The molecule has 0 fully saturated rings. The average Bonchev–Trinajstić information content (AvgIpc) is 3.06. The molecule has 0 aliphatic rings. The van der Waals surface area contributed by atoms with Gasteiger partial charge in [0.25, 0.3) is 0 Å². The molecular formula is C14H20N2O3S3. The van der Waals surface area contributed by atoms with E-state index in [9.17, 15) is 8.42 Å². The van der Waals surface area contributed by atoms with E-state index in [-0.39, 0.29) is 6.54 Å². The molecule has 8 heteroatoms. The molecule has 122 valence electrons. The smallest absolute Gasteiger partial charge is 0.250 e. The molecule has 0 aliphatic carbocycles. The third-order valence-corrected chi connectivity index (χ3v) is 6.70. The highest BCUT2D eigenvalue weighted by molar-refractivity contribution is 7.91. The molecule has 0 aromatic carbocycles. The predicted octanol–water partition coefficient (Wildman–Crippen LogP) is 2.99. The van der Waals surface area contributed by atoms with Gasteiger partial charge in [-0.25, -0.2) is 18.1 Å². The second-order valence-electron chi connectivity index (χ2n) is 5.29. The lowest BCUT2D eigenvalue weighted by molar-refractivity contribution is 0.204. The number of nitrogens with one attached hydrogen (secondary N) is 1. The summed E-state index contributed by atoms with van der Waals surface area (Å²) in [7, 11) is -1.93. The highest BCUT2D eigenvalue weighted by Crippen LogP contribution is 2.31. The molecule has 0 radical (unpaired) electrons. The lowest BCUT2D eigenvalue weighted by atomic mass is 10.1. The Kier molecular flexibility index (Phi) is 6.10. The Morgan fingerprint density at radius 2 is 2.09 bits per heavy atom. The summed E-state index contributed by atoms with van der Waals surface area (Å²) >= 11 is 2.76. The van der Waals surface area contributed by atoms with Crippen LogP contribution in [0.4, 0.5) is 0 Å². The number of sulfonamides is 1. The fourth-order valence-corrected chi connectivity index (χ4v) is 4.99. The van der Waals surface area contributed by atoms with Gasteiger partial charge < -0.3 is 4.74 Å². The van der Waals surface area contributed by atoms with E-state index < -0.39 is 10.0 Å². The Labute approximate surface area is 139 Å². The van der Waals surface area contributed by atoms with Gasteiger partial charge in [0.2, 0.25) is 10.0 Å². The monoisotopic (exact) mass is 360 g/mol. The van der Waals surface area contributed by atoms with Crippen molar-refractivity contribution in [3.8, 4) is 10.6 Å². The van der Waals surface area contributed by atoms with Crippen LogP contribution in [-0.4, -0.2) is 33.7 Å². The van der Waals surface area contributed by atoms with Crippen LogP contribution < -0.4 is 4.72 Å². The first-order valence-corrected chi connectivity index (χ1v) is 10.2. The number of methoxy groups -OCH3 is 1. The molecule has 22 heavy (non-hydrogen) atoms. The first-order valence-electron chi connectivity index (χ1n) is 6.94. The van der Waals surface area contributed by atoms with Gasteiger partial charge >= 0.3 is 0 Å². The summed E-state index contributed by atoms with van der Waals surface area (Å²) in [4.78, 5) is 4.58. The lowest BCUT2D eigenvalue weighted by Gasteiger charge is -2.03. The summed E-state index contributed by atoms with van der Waals surface area (Å²) in [5, 5.41) is 4.74. The van der Waals surface area contributed by atoms with Crippen LogP contribution in [-0.2, 0) is 21.2 Å². The summed E-state index contributed by atoms with van der Waals surface area (Å²) in [6.07, 6.45) is 0.935. The van der Waals surface area contributed by atoms with E-state index in [4.69, 9.17) is 4.74 Å². The molecule has 2 heterocycles. The first-order chi connectivity index (χ1) is 10.4. The predicted molar refractivity (Wildman–Crippen MR) is 91.0 cm³/mol. The molecule has 2 aromatic heterocycles. The van der Waals surface area contributed by atoms with Gasteiger partial charge in [-0.15, -0.1) is 22.7 Å². The van der Waals surface area contributed by atoms with Crippen LogP contribution in [0.25, 0.3) is 10.6 Å². The topological polar surface area (TPSA) is 68.3 Å². The second kappa shape index (κ2) is 7.65. The Morgan fingerprint density at radius 1 is 1.32 bits per heavy atom. The molecule has 0 atom stereocenters. The number of hydrogen-bond donors (Lipinski definition) is 1. The molecule has 1 N–H and O–H groups in total. The number of thiazole rings is 1. The van der Waals surface area contributed by atoms with E-state index in [0.717, 1.165) is 22.7 Å². The molecule has 0 aliphatic heterocycles. The summed E-state index contributed by atoms with van der Waals surface area (Å²) in [6, 6.07) is 1.68. The van der Waals surface area contributed by atoms with E-state index in [1.807, 2.05) is 10.8 Å². The molecule has 0 spiro atoms. The van der Waals surface area contributed by atoms with Gasteiger partial charge in [-0.3, -0.25) is 0 Å². The zero-order valence-electron chi connectivity index (χ0n) is 12.8. The zero-order chi connectivity index (χ0) is 16.2. The van der Waals surface area contributed by atoms with Gasteiger partial charge in [-0.2, -0.15) is 0 Å². The van der Waals surface area contributed by atoms with Crippen molar-refractivity contribution < 1.29 is 13.2 Å². The standard InChI is InChI=1S/C14H20N2O3S3/c1-10(2)6-12-9-21-14(16-12)11-7-13(20-8-11)22(17,18)15-4-5-19-3/h7-10,15H,4-6H2,1-3H3. The van der Waals surface area contributed by atoms with E-state index >= 15 is 0 Å². The highest BCUT2D eigenvalue weighted by atomic mass is 32.2. The maximum atomic E-state index is 12.1. The van der Waals surface area contributed by atoms with E-state index in [1.54, 1.807) is 17.4 Å². The van der Waals surface area contributed by atoms with Crippen LogP contribution >= 0.6 is 22.7 Å². The maximum Gasteiger partial charge on any atom is 0.250 e. The van der Waals surface area contributed by atoms with E-state index in [2.05, 4.69) is 23.6 Å². The Bertz CT molecular complexity index is 704. The molecule has 0 saturated carbocycles. The van der Waals surface area contributed by atoms with Crippen LogP contribution in [0.2, 0.25) is 0 Å². The molecule has 0 amide bonds. The fraction of sp³-hybridized carbons (Fsp3) is 0.500. The molecule has 0 saturated heterocycles. The number of rotatable bonds is 8. The molecule has 2 aromatic rings. The third kappa shape index (κ3) is 4.60. The molecular weight excluding hydrogens is 340 g/mol. The summed E-state index contributed by atoms with van der Waals surface area (Å²) in [5.41, 5.74) is 1.92. The van der Waals surface area contributed by atoms with Gasteiger partial charge in [0.15, 0.2) is 0 Å². The van der Waals surface area contributed by atoms with Crippen LogP contribution in [0, 0.1) is 5.92 Å². The minimum absolute atomic E-state index is 0.266. The molecule has 5 nitrogen and oxygen atoms in total. The van der Waals surface area contributed by atoms with Crippen molar-refractivity contribution in [2.24, 2.45) is 5.92 Å².